The molecule has 3 amide bonds. The van der Waals surface area contributed by atoms with Gasteiger partial charge in [-0.3, -0.25) is 19.2 Å². The van der Waals surface area contributed by atoms with E-state index in [1.54, 1.807) is 0 Å². The molecule has 0 aromatic heterocycles. The van der Waals surface area contributed by atoms with Gasteiger partial charge in [-0.05, 0) is 79.6 Å². The number of esters is 1. The molecule has 1 heterocycles. The first kappa shape index (κ1) is 28.8. The van der Waals surface area contributed by atoms with E-state index in [-0.39, 0.29) is 27.5 Å². The van der Waals surface area contributed by atoms with E-state index in [2.05, 4.69) is 0 Å². The molecule has 0 N–H and O–H groups in total. The summed E-state index contributed by atoms with van der Waals surface area (Å²) in [5, 5.41) is 2.68. The molecular weight excluding hydrogens is 591 g/mol. The van der Waals surface area contributed by atoms with E-state index in [1.807, 2.05) is 0 Å². The van der Waals surface area contributed by atoms with Crippen LogP contribution in [-0.4, -0.2) is 46.0 Å². The number of rotatable bonds is 7. The maximum Gasteiger partial charge on any atom is 0.345 e. The molecule has 2 fully saturated rings. The maximum atomic E-state index is 13.6. The number of imide groups is 1. The molecule has 1 aliphatic carbocycles. The van der Waals surface area contributed by atoms with Gasteiger partial charge in [0.2, 0.25) is 0 Å². The highest BCUT2D eigenvalue weighted by atomic mass is 35.5. The first-order chi connectivity index (χ1) is 19.6. The summed E-state index contributed by atoms with van der Waals surface area (Å²) in [5.74, 6) is -3.72. The van der Waals surface area contributed by atoms with Crippen molar-refractivity contribution in [3.8, 4) is 5.75 Å². The fraction of sp³-hybridized carbons (Fsp3) is 0.233. The summed E-state index contributed by atoms with van der Waals surface area (Å²) < 4.78 is 5.36. The van der Waals surface area contributed by atoms with E-state index in [4.69, 9.17) is 39.5 Å². The third-order valence-corrected chi connectivity index (χ3v) is 8.02. The number of fused-ring (bicyclic) bond motifs is 1. The van der Waals surface area contributed by atoms with Crippen molar-refractivity contribution in [2.75, 3.05) is 6.54 Å². The largest absolute Gasteiger partial charge is 0.423 e. The molecule has 0 bridgehead atoms. The third-order valence-electron chi connectivity index (χ3n) is 7.22. The quantitative estimate of drug-likeness (QED) is 0.135. The number of ether oxygens (including phenoxy) is 1. The zero-order valence-corrected chi connectivity index (χ0v) is 23.8. The summed E-state index contributed by atoms with van der Waals surface area (Å²) in [6.45, 7) is -0.558. The van der Waals surface area contributed by atoms with E-state index in [1.165, 1.54) is 66.7 Å². The van der Waals surface area contributed by atoms with Gasteiger partial charge in [0.1, 0.15) is 12.3 Å². The lowest BCUT2D eigenvalue weighted by atomic mass is 9.81. The van der Waals surface area contributed by atoms with Crippen molar-refractivity contribution >= 4 is 64.3 Å². The van der Waals surface area contributed by atoms with Crippen LogP contribution in [0.4, 0.5) is 0 Å². The molecule has 8 nitrogen and oxygen atoms in total. The molecule has 0 radical (unpaired) electrons. The number of nitrogens with zero attached hydrogens (tertiary/aromatic N) is 2. The van der Waals surface area contributed by atoms with Crippen LogP contribution >= 0.6 is 34.8 Å². The van der Waals surface area contributed by atoms with E-state index in [9.17, 15) is 24.0 Å². The van der Waals surface area contributed by atoms with Crippen molar-refractivity contribution in [1.82, 2.24) is 10.0 Å². The van der Waals surface area contributed by atoms with Crippen molar-refractivity contribution in [2.45, 2.75) is 25.7 Å². The van der Waals surface area contributed by atoms with Gasteiger partial charge in [-0.1, -0.05) is 47.6 Å². The van der Waals surface area contributed by atoms with Gasteiger partial charge in [-0.15, -0.1) is 0 Å². The van der Waals surface area contributed by atoms with Gasteiger partial charge < -0.3 is 4.74 Å². The summed E-state index contributed by atoms with van der Waals surface area (Å²) in [7, 11) is 0. The highest BCUT2D eigenvalue weighted by Crippen LogP contribution is 2.39. The Labute approximate surface area is 250 Å². The first-order valence-electron chi connectivity index (χ1n) is 12.9. The second-order valence-corrected chi connectivity index (χ2v) is 11.1. The summed E-state index contributed by atoms with van der Waals surface area (Å²) in [5.41, 5.74) is 0.466. The maximum absolute atomic E-state index is 13.6. The molecule has 2 aliphatic rings. The molecule has 1 saturated heterocycles. The van der Waals surface area contributed by atoms with E-state index in [0.717, 1.165) is 22.9 Å². The van der Waals surface area contributed by atoms with Crippen LogP contribution in [0.2, 0.25) is 15.1 Å². The minimum Gasteiger partial charge on any atom is -0.423 e. The smallest absolute Gasteiger partial charge is 0.345 e. The molecule has 11 heteroatoms. The van der Waals surface area contributed by atoms with E-state index >= 15 is 0 Å². The number of carbonyl (C=O) groups excluding carboxylic acids is 5. The summed E-state index contributed by atoms with van der Waals surface area (Å²) in [6.07, 6.45) is 2.76. The van der Waals surface area contributed by atoms with Crippen molar-refractivity contribution < 1.29 is 28.7 Å². The molecule has 210 valence electrons. The number of hydrogen-bond donors (Lipinski definition) is 0. The highest BCUT2D eigenvalue weighted by Gasteiger charge is 2.51. The average molecular weight is 614 g/mol. The van der Waals surface area contributed by atoms with Crippen LogP contribution in [0.15, 0.2) is 66.7 Å². The van der Waals surface area contributed by atoms with Crippen LogP contribution in [-0.2, 0) is 9.59 Å². The predicted octanol–water partition coefficient (Wildman–Crippen LogP) is 6.28. The van der Waals surface area contributed by atoms with E-state index in [0.29, 0.717) is 22.9 Å². The molecule has 3 aromatic carbocycles. The average Bonchev–Trinajstić information content (AvgIpc) is 3.21. The van der Waals surface area contributed by atoms with E-state index < -0.39 is 47.9 Å². The highest BCUT2D eigenvalue weighted by molar-refractivity contribution is 6.36. The van der Waals surface area contributed by atoms with Crippen LogP contribution < -0.4 is 4.74 Å². The van der Waals surface area contributed by atoms with Crippen LogP contribution in [0.5, 0.6) is 5.75 Å². The molecule has 3 aromatic rings. The van der Waals surface area contributed by atoms with Gasteiger partial charge in [0.05, 0.1) is 22.4 Å². The van der Waals surface area contributed by atoms with Gasteiger partial charge in [0.25, 0.3) is 17.7 Å². The summed E-state index contributed by atoms with van der Waals surface area (Å²) in [4.78, 5) is 66.1. The standard InChI is InChI=1S/C30H23Cl3N2O6/c31-19-9-5-18(6-10-19)27(37)34(35-28(38)22-3-1-2-4-23(22)29(35)39)16-26(36)17-7-12-21(13-8-17)41-30(40)24-14-11-20(32)15-25(24)33/h5-15,22-23H,1-4,16H2/t22-,23+. The number of carbonyl (C=O) groups is 5. The molecule has 41 heavy (non-hydrogen) atoms. The number of Topliss-reactive ketones (excluding diaryl/α,β-unsaturated/α-hetero) is 1. The Hall–Kier alpha value is -3.72. The van der Waals surface area contributed by atoms with Crippen molar-refractivity contribution in [1.29, 1.82) is 0 Å². The van der Waals surface area contributed by atoms with Gasteiger partial charge in [0.15, 0.2) is 5.78 Å². The molecule has 1 saturated carbocycles. The number of hydrazine groups is 1. The van der Waals surface area contributed by atoms with Crippen LogP contribution in [0, 0.1) is 11.8 Å². The fourth-order valence-corrected chi connectivity index (χ4v) is 5.72. The first-order valence-corrected chi connectivity index (χ1v) is 14.0. The Kier molecular flexibility index (Phi) is 8.45. The lowest BCUT2D eigenvalue weighted by molar-refractivity contribution is -0.154. The van der Waals surface area contributed by atoms with Crippen LogP contribution in [0.1, 0.15) is 56.8 Å². The van der Waals surface area contributed by atoms with Gasteiger partial charge in [0, 0.05) is 21.2 Å². The molecule has 0 spiro atoms. The Morgan fingerprint density at radius 3 is 1.93 bits per heavy atom. The van der Waals surface area contributed by atoms with Crippen molar-refractivity contribution in [2.24, 2.45) is 11.8 Å². The van der Waals surface area contributed by atoms with Crippen molar-refractivity contribution in [3.63, 3.8) is 0 Å². The number of ketones is 1. The Morgan fingerprint density at radius 2 is 1.34 bits per heavy atom. The lowest BCUT2D eigenvalue weighted by Gasteiger charge is -2.30. The second-order valence-electron chi connectivity index (χ2n) is 9.82. The Bertz CT molecular complexity index is 1520. The lowest BCUT2D eigenvalue weighted by Crippen LogP contribution is -2.52. The minimum atomic E-state index is -0.710. The van der Waals surface area contributed by atoms with Crippen LogP contribution in [0.25, 0.3) is 0 Å². The third kappa shape index (κ3) is 6.00. The zero-order valence-electron chi connectivity index (χ0n) is 21.5. The fourth-order valence-electron chi connectivity index (χ4n) is 5.11. The summed E-state index contributed by atoms with van der Waals surface area (Å²) in [6, 6.07) is 16.0. The van der Waals surface area contributed by atoms with Gasteiger partial charge >= 0.3 is 5.97 Å². The molecule has 2 atom stereocenters. The molecule has 1 aliphatic heterocycles. The van der Waals surface area contributed by atoms with Gasteiger partial charge in [-0.2, -0.15) is 5.01 Å². The summed E-state index contributed by atoms with van der Waals surface area (Å²) >= 11 is 17.9. The molecular formula is C30H23Cl3N2O6. The molecule has 0 unspecified atom stereocenters. The predicted molar refractivity (Wildman–Crippen MR) is 152 cm³/mol. The monoisotopic (exact) mass is 612 g/mol. The Morgan fingerprint density at radius 1 is 0.780 bits per heavy atom. The number of amides is 3. The second kappa shape index (κ2) is 12.0. The van der Waals surface area contributed by atoms with Crippen LogP contribution in [0.3, 0.4) is 0 Å². The Balaban J connectivity index is 1.36. The number of hydrogen-bond acceptors (Lipinski definition) is 6. The number of halogens is 3. The number of benzene rings is 3. The zero-order chi connectivity index (χ0) is 29.3. The normalized spacial score (nSPS) is 18.2. The van der Waals surface area contributed by atoms with Crippen molar-refractivity contribution in [3.05, 3.63) is 98.5 Å². The SMILES string of the molecule is O=C(CN(C(=O)c1ccc(Cl)cc1)N1C(=O)[C@H]2CCCC[C@H]2C1=O)c1ccc(OC(=O)c2ccc(Cl)cc2Cl)cc1. The van der Waals surface area contributed by atoms with Gasteiger partial charge in [-0.25, -0.2) is 9.80 Å². The topological polar surface area (TPSA) is 101 Å². The molecule has 5 rings (SSSR count). The minimum absolute atomic E-state index is 0.119.